The number of carbonyl (C=O) groups is 4. The Morgan fingerprint density at radius 2 is 1.00 bits per heavy atom. The van der Waals surface area contributed by atoms with Crippen molar-refractivity contribution in [1.82, 2.24) is 9.80 Å². The summed E-state index contributed by atoms with van der Waals surface area (Å²) < 4.78 is 10.6. The molecule has 0 spiro atoms. The summed E-state index contributed by atoms with van der Waals surface area (Å²) in [4.78, 5) is 49.5. The summed E-state index contributed by atoms with van der Waals surface area (Å²) in [6, 6.07) is 29.2. The van der Waals surface area contributed by atoms with Gasteiger partial charge in [0.05, 0.1) is 5.56 Å². The number of carboxylic acids is 1. The van der Waals surface area contributed by atoms with E-state index in [9.17, 15) is 19.2 Å². The lowest BCUT2D eigenvalue weighted by Crippen LogP contribution is -2.25. The Kier molecular flexibility index (Phi) is 9.56. The molecule has 0 saturated heterocycles. The second-order valence-corrected chi connectivity index (χ2v) is 10.7. The molecule has 0 bridgehead atoms. The number of hydrogen-bond donors (Lipinski definition) is 1. The number of carboxylic acid groups (broad SMARTS) is 1. The number of ether oxygens (including phenoxy) is 2. The summed E-state index contributed by atoms with van der Waals surface area (Å²) in [5, 5.41) is 8.50. The Morgan fingerprint density at radius 1 is 0.591 bits per heavy atom. The summed E-state index contributed by atoms with van der Waals surface area (Å²) in [7, 11) is 0. The lowest BCUT2D eigenvalue weighted by Gasteiger charge is -2.15. The fourth-order valence-corrected chi connectivity index (χ4v) is 5.04. The van der Waals surface area contributed by atoms with Crippen molar-refractivity contribution in [2.75, 3.05) is 0 Å². The number of halogens is 1. The number of rotatable bonds is 6. The summed E-state index contributed by atoms with van der Waals surface area (Å²) in [6.45, 7) is 2.22. The van der Waals surface area contributed by atoms with Crippen LogP contribution < -0.4 is 0 Å². The van der Waals surface area contributed by atoms with Gasteiger partial charge in [0.15, 0.2) is 0 Å². The molecule has 0 aliphatic carbocycles. The molecule has 4 aromatic carbocycles. The highest BCUT2D eigenvalue weighted by atomic mass is 35.5. The Labute approximate surface area is 259 Å². The molecule has 9 nitrogen and oxygen atoms in total. The van der Waals surface area contributed by atoms with Crippen molar-refractivity contribution < 1.29 is 33.8 Å². The number of benzene rings is 4. The lowest BCUT2D eigenvalue weighted by molar-refractivity contribution is 0.0696. The van der Waals surface area contributed by atoms with E-state index >= 15 is 0 Å². The Balaban J connectivity index is 0.000000175. The van der Waals surface area contributed by atoms with Gasteiger partial charge in [0.25, 0.3) is 5.24 Å². The first-order valence-electron chi connectivity index (χ1n) is 13.8. The number of carbonyl (C=O) groups excluding carboxylic acids is 3. The molecule has 2 heterocycles. The zero-order valence-electron chi connectivity index (χ0n) is 23.6. The maximum atomic E-state index is 12.1. The van der Waals surface area contributed by atoms with Crippen LogP contribution in [0.3, 0.4) is 0 Å². The molecular formula is C34H29ClN2O7. The highest BCUT2D eigenvalue weighted by Gasteiger charge is 2.26. The minimum absolute atomic E-state index is 0.229. The molecular weight excluding hydrogens is 584 g/mol. The molecule has 0 saturated carbocycles. The SMILES string of the molecule is O=C(Cl)c1ccc2c(c1)CN(C(=O)OCc1ccccc1)C2.O=C(O)c1ccc2c(c1)CN(C(=O)OCc1ccccc1)C2. The van der Waals surface area contributed by atoms with E-state index in [2.05, 4.69) is 0 Å². The average molecular weight is 613 g/mol. The number of amides is 2. The smallest absolute Gasteiger partial charge is 0.410 e. The van der Waals surface area contributed by atoms with Gasteiger partial charge in [-0.25, -0.2) is 14.4 Å². The van der Waals surface area contributed by atoms with Gasteiger partial charge in [-0.15, -0.1) is 0 Å². The number of fused-ring (bicyclic) bond motifs is 2. The van der Waals surface area contributed by atoms with E-state index in [1.54, 1.807) is 40.1 Å². The Hall–Kier alpha value is -5.15. The van der Waals surface area contributed by atoms with Crippen LogP contribution in [-0.2, 0) is 48.9 Å². The Bertz CT molecular complexity index is 1550. The van der Waals surface area contributed by atoms with Crippen molar-refractivity contribution in [1.29, 1.82) is 0 Å². The average Bonchev–Trinajstić information content (AvgIpc) is 3.68. The molecule has 2 amide bonds. The monoisotopic (exact) mass is 612 g/mol. The highest BCUT2D eigenvalue weighted by Crippen LogP contribution is 2.26. The van der Waals surface area contributed by atoms with Gasteiger partial charge in [-0.1, -0.05) is 72.8 Å². The zero-order chi connectivity index (χ0) is 31.1. The molecule has 0 fully saturated rings. The van der Waals surface area contributed by atoms with E-state index in [1.165, 1.54) is 0 Å². The maximum Gasteiger partial charge on any atom is 0.410 e. The summed E-state index contributed by atoms with van der Waals surface area (Å²) >= 11 is 5.48. The standard InChI is InChI=1S/C17H14ClNO3.C17H15NO4/c18-16(20)13-6-7-14-9-19(10-15(14)8-13)17(21)22-11-12-4-2-1-3-5-12;19-16(20)13-6-7-14-9-18(10-15(14)8-13)17(21)22-11-12-4-2-1-3-5-12/h1-8H,9-11H2;1-8H,9-11H2,(H,19,20). The molecule has 1 N–H and O–H groups in total. The molecule has 6 rings (SSSR count). The second kappa shape index (κ2) is 13.9. The van der Waals surface area contributed by atoms with Gasteiger partial charge in [0.2, 0.25) is 0 Å². The molecule has 0 atom stereocenters. The van der Waals surface area contributed by atoms with Crippen molar-refractivity contribution in [3.8, 4) is 0 Å². The van der Waals surface area contributed by atoms with Crippen LogP contribution >= 0.6 is 11.6 Å². The second-order valence-electron chi connectivity index (χ2n) is 10.3. The van der Waals surface area contributed by atoms with Crippen LogP contribution in [-0.4, -0.2) is 38.3 Å². The third-order valence-corrected chi connectivity index (χ3v) is 7.48. The van der Waals surface area contributed by atoms with Crippen LogP contribution in [0.5, 0.6) is 0 Å². The zero-order valence-corrected chi connectivity index (χ0v) is 24.4. The van der Waals surface area contributed by atoms with E-state index in [0.717, 1.165) is 33.4 Å². The molecule has 0 unspecified atom stereocenters. The topological polar surface area (TPSA) is 113 Å². The summed E-state index contributed by atoms with van der Waals surface area (Å²) in [5.41, 5.74) is 6.32. The third kappa shape index (κ3) is 7.62. The van der Waals surface area contributed by atoms with Crippen LogP contribution in [0.4, 0.5) is 9.59 Å². The van der Waals surface area contributed by atoms with Gasteiger partial charge in [-0.2, -0.15) is 0 Å². The summed E-state index contributed by atoms with van der Waals surface area (Å²) in [6.07, 6.45) is -0.754. The molecule has 0 aromatic heterocycles. The first-order chi connectivity index (χ1) is 21.3. The molecule has 4 aromatic rings. The molecule has 2 aliphatic rings. The first-order valence-corrected chi connectivity index (χ1v) is 14.2. The predicted octanol–water partition coefficient (Wildman–Crippen LogP) is 6.76. The van der Waals surface area contributed by atoms with Gasteiger partial charge in [0.1, 0.15) is 13.2 Å². The van der Waals surface area contributed by atoms with Gasteiger partial charge >= 0.3 is 18.2 Å². The van der Waals surface area contributed by atoms with Crippen LogP contribution in [0.2, 0.25) is 0 Å². The van der Waals surface area contributed by atoms with Crippen molar-refractivity contribution >= 4 is 35.0 Å². The lowest BCUT2D eigenvalue weighted by atomic mass is 10.1. The fourth-order valence-electron chi connectivity index (χ4n) is 4.92. The molecule has 10 heteroatoms. The van der Waals surface area contributed by atoms with Crippen LogP contribution in [0.15, 0.2) is 97.1 Å². The van der Waals surface area contributed by atoms with Crippen molar-refractivity contribution in [3.05, 3.63) is 142 Å². The minimum atomic E-state index is -0.965. The van der Waals surface area contributed by atoms with E-state index < -0.39 is 17.3 Å². The maximum absolute atomic E-state index is 12.1. The largest absolute Gasteiger partial charge is 0.478 e. The molecule has 2 aliphatic heterocycles. The first kappa shape index (κ1) is 30.3. The number of nitrogens with zero attached hydrogens (tertiary/aromatic N) is 2. The van der Waals surface area contributed by atoms with Gasteiger partial charge in [-0.3, -0.25) is 14.6 Å². The van der Waals surface area contributed by atoms with Crippen molar-refractivity contribution in [2.24, 2.45) is 0 Å². The predicted molar refractivity (Wildman–Crippen MR) is 162 cm³/mol. The van der Waals surface area contributed by atoms with Crippen LogP contribution in [0, 0.1) is 0 Å². The quantitative estimate of drug-likeness (QED) is 0.239. The van der Waals surface area contributed by atoms with E-state index in [4.69, 9.17) is 26.2 Å². The van der Waals surface area contributed by atoms with Gasteiger partial charge in [-0.05, 0) is 69.2 Å². The normalized spacial score (nSPS) is 12.8. The van der Waals surface area contributed by atoms with Crippen molar-refractivity contribution in [2.45, 2.75) is 39.4 Å². The molecule has 224 valence electrons. The molecule has 0 radical (unpaired) electrons. The van der Waals surface area contributed by atoms with Gasteiger partial charge < -0.3 is 14.6 Å². The van der Waals surface area contributed by atoms with E-state index in [1.807, 2.05) is 66.7 Å². The Morgan fingerprint density at radius 3 is 1.43 bits per heavy atom. The van der Waals surface area contributed by atoms with Crippen LogP contribution in [0.1, 0.15) is 54.1 Å². The van der Waals surface area contributed by atoms with E-state index in [-0.39, 0.29) is 24.9 Å². The highest BCUT2D eigenvalue weighted by molar-refractivity contribution is 6.67. The van der Waals surface area contributed by atoms with Crippen LogP contribution in [0.25, 0.3) is 0 Å². The van der Waals surface area contributed by atoms with Crippen molar-refractivity contribution in [3.63, 3.8) is 0 Å². The molecule has 44 heavy (non-hydrogen) atoms. The van der Waals surface area contributed by atoms with E-state index in [0.29, 0.717) is 31.7 Å². The number of aromatic carboxylic acids is 1. The number of hydrogen-bond acceptors (Lipinski definition) is 6. The third-order valence-electron chi connectivity index (χ3n) is 7.26. The van der Waals surface area contributed by atoms with Gasteiger partial charge in [0, 0.05) is 31.7 Å². The minimum Gasteiger partial charge on any atom is -0.478 e. The summed E-state index contributed by atoms with van der Waals surface area (Å²) in [5.74, 6) is -0.965. The fraction of sp³-hybridized carbons (Fsp3) is 0.176.